The Balaban J connectivity index is 1.37. The fourth-order valence-electron chi connectivity index (χ4n) is 5.37. The number of carbonyl (C=O) groups is 1. The van der Waals surface area contributed by atoms with Gasteiger partial charge in [-0.15, -0.1) is 0 Å². The predicted molar refractivity (Wildman–Crippen MR) is 82.7 cm³/mol. The Morgan fingerprint density at radius 1 is 1.09 bits per heavy atom. The van der Waals surface area contributed by atoms with Gasteiger partial charge in [-0.2, -0.15) is 0 Å². The number of hydrogen-bond donors (Lipinski definition) is 2. The van der Waals surface area contributed by atoms with Gasteiger partial charge in [0.1, 0.15) is 5.82 Å². The number of urea groups is 1. The van der Waals surface area contributed by atoms with Crippen molar-refractivity contribution < 1.29 is 9.18 Å². The maximum absolute atomic E-state index is 13.6. The molecule has 2 amide bonds. The van der Waals surface area contributed by atoms with E-state index < -0.39 is 0 Å². The number of amides is 2. The summed E-state index contributed by atoms with van der Waals surface area (Å²) in [6.07, 6.45) is 7.47. The molecule has 0 radical (unpaired) electrons. The fourth-order valence-corrected chi connectivity index (χ4v) is 5.37. The molecule has 0 heterocycles. The molecule has 1 aromatic rings. The van der Waals surface area contributed by atoms with E-state index in [0.717, 1.165) is 37.0 Å². The standard InChI is InChI=1S/C18H23FN2O/c19-16-4-2-1-3-15(16)11-20-17(22)21-18-8-12-5-13(9-18)7-14(6-12)10-18/h1-4,12-14H,5-11H2,(H2,20,21,22). The van der Waals surface area contributed by atoms with Gasteiger partial charge in [-0.25, -0.2) is 9.18 Å². The van der Waals surface area contributed by atoms with Crippen LogP contribution in [0, 0.1) is 23.6 Å². The van der Waals surface area contributed by atoms with Crippen LogP contribution in [0.4, 0.5) is 9.18 Å². The van der Waals surface area contributed by atoms with Gasteiger partial charge in [0, 0.05) is 17.6 Å². The van der Waals surface area contributed by atoms with Crippen molar-refractivity contribution in [3.05, 3.63) is 35.6 Å². The summed E-state index contributed by atoms with van der Waals surface area (Å²) in [5.41, 5.74) is 0.539. The van der Waals surface area contributed by atoms with E-state index in [-0.39, 0.29) is 23.9 Å². The van der Waals surface area contributed by atoms with Crippen LogP contribution < -0.4 is 10.6 Å². The van der Waals surface area contributed by atoms with Crippen molar-refractivity contribution in [2.24, 2.45) is 17.8 Å². The first-order chi connectivity index (χ1) is 10.6. The second kappa shape index (κ2) is 5.25. The average Bonchev–Trinajstić information content (AvgIpc) is 2.44. The van der Waals surface area contributed by atoms with Crippen LogP contribution in [0.25, 0.3) is 0 Å². The summed E-state index contributed by atoms with van der Waals surface area (Å²) in [7, 11) is 0. The van der Waals surface area contributed by atoms with Crippen LogP contribution >= 0.6 is 0 Å². The molecule has 2 N–H and O–H groups in total. The number of benzene rings is 1. The Bertz CT molecular complexity index is 551. The van der Waals surface area contributed by atoms with Crippen LogP contribution in [-0.2, 0) is 6.54 Å². The first-order valence-corrected chi connectivity index (χ1v) is 8.41. The molecule has 4 aliphatic carbocycles. The smallest absolute Gasteiger partial charge is 0.315 e. The molecule has 4 fully saturated rings. The summed E-state index contributed by atoms with van der Waals surface area (Å²) in [5.74, 6) is 2.15. The topological polar surface area (TPSA) is 41.1 Å². The molecular weight excluding hydrogens is 279 g/mol. The minimum atomic E-state index is -0.266. The van der Waals surface area contributed by atoms with Crippen molar-refractivity contribution in [3.8, 4) is 0 Å². The molecule has 0 atom stereocenters. The van der Waals surface area contributed by atoms with Gasteiger partial charge in [0.2, 0.25) is 0 Å². The molecule has 1 aromatic carbocycles. The molecule has 4 bridgehead atoms. The third kappa shape index (κ3) is 2.59. The lowest BCUT2D eigenvalue weighted by Gasteiger charge is -2.56. The minimum absolute atomic E-state index is 0.00800. The maximum Gasteiger partial charge on any atom is 0.315 e. The van der Waals surface area contributed by atoms with Gasteiger partial charge in [-0.3, -0.25) is 0 Å². The summed E-state index contributed by atoms with van der Waals surface area (Å²) >= 11 is 0. The summed E-state index contributed by atoms with van der Waals surface area (Å²) in [4.78, 5) is 12.3. The number of halogens is 1. The van der Waals surface area contributed by atoms with Gasteiger partial charge >= 0.3 is 6.03 Å². The number of hydrogen-bond acceptors (Lipinski definition) is 1. The molecule has 0 unspecified atom stereocenters. The zero-order valence-corrected chi connectivity index (χ0v) is 12.8. The van der Waals surface area contributed by atoms with E-state index in [1.807, 2.05) is 0 Å². The lowest BCUT2D eigenvalue weighted by molar-refractivity contribution is -0.0135. The molecule has 5 rings (SSSR count). The van der Waals surface area contributed by atoms with E-state index in [0.29, 0.717) is 5.56 Å². The largest absolute Gasteiger partial charge is 0.334 e. The first kappa shape index (κ1) is 14.0. The monoisotopic (exact) mass is 302 g/mol. The number of carbonyl (C=O) groups excluding carboxylic acids is 1. The second-order valence-corrected chi connectivity index (χ2v) is 7.60. The van der Waals surface area contributed by atoms with Crippen LogP contribution in [0.1, 0.15) is 44.1 Å². The molecule has 22 heavy (non-hydrogen) atoms. The summed E-state index contributed by atoms with van der Waals surface area (Å²) in [6, 6.07) is 6.44. The van der Waals surface area contributed by atoms with Gasteiger partial charge in [-0.1, -0.05) is 18.2 Å². The second-order valence-electron chi connectivity index (χ2n) is 7.60. The zero-order valence-electron chi connectivity index (χ0n) is 12.8. The lowest BCUT2D eigenvalue weighted by atomic mass is 9.53. The predicted octanol–water partition coefficient (Wildman–Crippen LogP) is 3.59. The van der Waals surface area contributed by atoms with Crippen molar-refractivity contribution >= 4 is 6.03 Å². The maximum atomic E-state index is 13.6. The van der Waals surface area contributed by atoms with Gasteiger partial charge in [0.25, 0.3) is 0 Å². The van der Waals surface area contributed by atoms with Crippen molar-refractivity contribution in [2.45, 2.75) is 50.6 Å². The number of rotatable bonds is 3. The number of nitrogens with one attached hydrogen (secondary N) is 2. The molecule has 0 aliphatic heterocycles. The third-order valence-corrected chi connectivity index (χ3v) is 5.81. The van der Waals surface area contributed by atoms with Gasteiger partial charge in [0.15, 0.2) is 0 Å². The fraction of sp³-hybridized carbons (Fsp3) is 0.611. The van der Waals surface area contributed by atoms with Gasteiger partial charge in [-0.05, 0) is 62.3 Å². The van der Waals surface area contributed by atoms with E-state index in [1.165, 1.54) is 25.3 Å². The Morgan fingerprint density at radius 3 is 2.27 bits per heavy atom. The molecular formula is C18H23FN2O. The quantitative estimate of drug-likeness (QED) is 0.880. The van der Waals surface area contributed by atoms with Crippen molar-refractivity contribution in [1.82, 2.24) is 10.6 Å². The summed E-state index contributed by atoms with van der Waals surface area (Å²) in [6.45, 7) is 0.241. The van der Waals surface area contributed by atoms with Crippen LogP contribution in [0.3, 0.4) is 0 Å². The van der Waals surface area contributed by atoms with Gasteiger partial charge < -0.3 is 10.6 Å². The van der Waals surface area contributed by atoms with Crippen LogP contribution in [0.5, 0.6) is 0 Å². The summed E-state index contributed by atoms with van der Waals surface area (Å²) < 4.78 is 13.6. The van der Waals surface area contributed by atoms with Crippen molar-refractivity contribution in [2.75, 3.05) is 0 Å². The molecule has 4 saturated carbocycles. The molecule has 0 aromatic heterocycles. The molecule has 4 heteroatoms. The third-order valence-electron chi connectivity index (χ3n) is 5.81. The molecule has 0 spiro atoms. The van der Waals surface area contributed by atoms with E-state index >= 15 is 0 Å². The molecule has 3 nitrogen and oxygen atoms in total. The Hall–Kier alpha value is -1.58. The van der Waals surface area contributed by atoms with E-state index in [2.05, 4.69) is 10.6 Å². The highest BCUT2D eigenvalue weighted by atomic mass is 19.1. The van der Waals surface area contributed by atoms with Gasteiger partial charge in [0.05, 0.1) is 0 Å². The normalized spacial score (nSPS) is 35.4. The van der Waals surface area contributed by atoms with Crippen LogP contribution in [0.15, 0.2) is 24.3 Å². The highest BCUT2D eigenvalue weighted by Gasteiger charge is 2.51. The Labute approximate surface area is 130 Å². The SMILES string of the molecule is O=C(NCc1ccccc1F)NC12CC3CC(CC(C3)C1)C2. The Kier molecular flexibility index (Phi) is 3.35. The average molecular weight is 302 g/mol. The van der Waals surface area contributed by atoms with E-state index in [9.17, 15) is 9.18 Å². The molecule has 118 valence electrons. The van der Waals surface area contributed by atoms with Crippen molar-refractivity contribution in [1.29, 1.82) is 0 Å². The van der Waals surface area contributed by atoms with Crippen LogP contribution in [0.2, 0.25) is 0 Å². The van der Waals surface area contributed by atoms with Crippen LogP contribution in [-0.4, -0.2) is 11.6 Å². The summed E-state index contributed by atoms with van der Waals surface area (Å²) in [5, 5.41) is 6.07. The minimum Gasteiger partial charge on any atom is -0.334 e. The van der Waals surface area contributed by atoms with E-state index in [4.69, 9.17) is 0 Å². The molecule has 4 aliphatic rings. The molecule has 0 saturated heterocycles. The Morgan fingerprint density at radius 2 is 1.68 bits per heavy atom. The highest BCUT2D eigenvalue weighted by molar-refractivity contribution is 5.75. The van der Waals surface area contributed by atoms with Crippen molar-refractivity contribution in [3.63, 3.8) is 0 Å². The lowest BCUT2D eigenvalue weighted by Crippen LogP contribution is -2.61. The van der Waals surface area contributed by atoms with E-state index in [1.54, 1.807) is 18.2 Å². The first-order valence-electron chi connectivity index (χ1n) is 8.41. The highest BCUT2D eigenvalue weighted by Crippen LogP contribution is 2.55. The zero-order chi connectivity index (χ0) is 15.2.